The van der Waals surface area contributed by atoms with Crippen molar-refractivity contribution in [2.24, 2.45) is 0 Å². The minimum absolute atomic E-state index is 0.228. The second-order valence-electron chi connectivity index (χ2n) is 4.72. The van der Waals surface area contributed by atoms with Crippen LogP contribution in [0.1, 0.15) is 30.8 Å². The predicted octanol–water partition coefficient (Wildman–Crippen LogP) is 3.74. The van der Waals surface area contributed by atoms with Crippen LogP contribution in [0.15, 0.2) is 34.9 Å². The Bertz CT molecular complexity index is 618. The van der Waals surface area contributed by atoms with Crippen LogP contribution < -0.4 is 10.1 Å². The molecule has 0 spiro atoms. The molecule has 1 N–H and O–H groups in total. The molecule has 0 aliphatic carbocycles. The number of fused-ring (bicyclic) bond motifs is 1. The van der Waals surface area contributed by atoms with E-state index in [9.17, 15) is 0 Å². The molecule has 0 saturated heterocycles. The molecule has 2 aromatic rings. The van der Waals surface area contributed by atoms with Crippen molar-refractivity contribution in [2.75, 3.05) is 11.9 Å². The molecule has 0 radical (unpaired) electrons. The average molecular weight is 334 g/mol. The molecule has 1 aromatic carbocycles. The molecule has 0 amide bonds. The standard InChI is InChI=1S/C15H16BrN3O/c1-2-14-18-13(16)9-15(19-14)17-11-7-8-20-12-6-4-3-5-10(11)12/h3-6,9,11H,2,7-8H2,1H3,(H,17,18,19). The number of para-hydroxylation sites is 1. The normalized spacial score (nSPS) is 17.2. The van der Waals surface area contributed by atoms with Crippen molar-refractivity contribution in [1.82, 2.24) is 9.97 Å². The fourth-order valence-corrected chi connectivity index (χ4v) is 2.79. The summed E-state index contributed by atoms with van der Waals surface area (Å²) in [5.74, 6) is 2.65. The van der Waals surface area contributed by atoms with E-state index in [0.717, 1.165) is 41.4 Å². The summed E-state index contributed by atoms with van der Waals surface area (Å²) in [5, 5.41) is 3.49. The van der Waals surface area contributed by atoms with E-state index in [1.807, 2.05) is 24.3 Å². The molecule has 0 bridgehead atoms. The van der Waals surface area contributed by atoms with Gasteiger partial charge in [0.1, 0.15) is 22.0 Å². The lowest BCUT2D eigenvalue weighted by atomic mass is 10.0. The summed E-state index contributed by atoms with van der Waals surface area (Å²) in [6, 6.07) is 10.3. The molecule has 1 aromatic heterocycles. The highest BCUT2D eigenvalue weighted by Crippen LogP contribution is 2.33. The van der Waals surface area contributed by atoms with E-state index in [4.69, 9.17) is 4.74 Å². The third-order valence-corrected chi connectivity index (χ3v) is 3.74. The van der Waals surface area contributed by atoms with Crippen molar-refractivity contribution >= 4 is 21.7 Å². The molecule has 0 fully saturated rings. The van der Waals surface area contributed by atoms with Crippen LogP contribution in [0.2, 0.25) is 0 Å². The van der Waals surface area contributed by atoms with Crippen molar-refractivity contribution in [3.05, 3.63) is 46.3 Å². The zero-order valence-corrected chi connectivity index (χ0v) is 12.9. The van der Waals surface area contributed by atoms with Crippen molar-refractivity contribution < 1.29 is 4.74 Å². The zero-order chi connectivity index (χ0) is 13.9. The predicted molar refractivity (Wildman–Crippen MR) is 82.0 cm³/mol. The minimum Gasteiger partial charge on any atom is -0.493 e. The van der Waals surface area contributed by atoms with Gasteiger partial charge in [-0.25, -0.2) is 9.97 Å². The Labute approximate surface area is 126 Å². The first-order valence-corrected chi connectivity index (χ1v) is 7.57. The van der Waals surface area contributed by atoms with Gasteiger partial charge in [-0.3, -0.25) is 0 Å². The van der Waals surface area contributed by atoms with E-state index >= 15 is 0 Å². The fraction of sp³-hybridized carbons (Fsp3) is 0.333. The summed E-state index contributed by atoms with van der Waals surface area (Å²) < 4.78 is 6.49. The summed E-state index contributed by atoms with van der Waals surface area (Å²) in [7, 11) is 0. The summed E-state index contributed by atoms with van der Waals surface area (Å²) in [4.78, 5) is 8.86. The summed E-state index contributed by atoms with van der Waals surface area (Å²) in [6.45, 7) is 2.77. The van der Waals surface area contributed by atoms with Gasteiger partial charge in [0.15, 0.2) is 0 Å². The molecule has 4 nitrogen and oxygen atoms in total. The minimum atomic E-state index is 0.228. The van der Waals surface area contributed by atoms with E-state index in [0.29, 0.717) is 0 Å². The van der Waals surface area contributed by atoms with Crippen LogP contribution in [-0.2, 0) is 6.42 Å². The first-order chi connectivity index (χ1) is 9.76. The van der Waals surface area contributed by atoms with E-state index < -0.39 is 0 Å². The number of ether oxygens (including phenoxy) is 1. The van der Waals surface area contributed by atoms with Gasteiger partial charge in [-0.15, -0.1) is 0 Å². The van der Waals surface area contributed by atoms with Crippen LogP contribution in [0.3, 0.4) is 0 Å². The number of nitrogens with one attached hydrogen (secondary N) is 1. The third-order valence-electron chi connectivity index (χ3n) is 3.34. The van der Waals surface area contributed by atoms with Crippen molar-refractivity contribution in [1.29, 1.82) is 0 Å². The van der Waals surface area contributed by atoms with Gasteiger partial charge in [0.2, 0.25) is 0 Å². The molecule has 104 valence electrons. The number of hydrogen-bond acceptors (Lipinski definition) is 4. The fourth-order valence-electron chi connectivity index (χ4n) is 2.37. The van der Waals surface area contributed by atoms with E-state index in [1.165, 1.54) is 5.56 Å². The second kappa shape index (κ2) is 5.79. The number of nitrogens with zero attached hydrogens (tertiary/aromatic N) is 2. The van der Waals surface area contributed by atoms with Gasteiger partial charge in [0, 0.05) is 24.5 Å². The first kappa shape index (κ1) is 13.4. The molecule has 1 aliphatic heterocycles. The molecular weight excluding hydrogens is 318 g/mol. The van der Waals surface area contributed by atoms with Crippen LogP contribution >= 0.6 is 15.9 Å². The number of benzene rings is 1. The van der Waals surface area contributed by atoms with Crippen molar-refractivity contribution in [3.63, 3.8) is 0 Å². The van der Waals surface area contributed by atoms with E-state index in [2.05, 4.69) is 44.2 Å². The van der Waals surface area contributed by atoms with Crippen LogP contribution in [0.4, 0.5) is 5.82 Å². The third kappa shape index (κ3) is 2.77. The largest absolute Gasteiger partial charge is 0.493 e. The molecule has 3 rings (SSSR count). The Balaban J connectivity index is 1.87. The van der Waals surface area contributed by atoms with Gasteiger partial charge in [-0.1, -0.05) is 25.1 Å². The van der Waals surface area contributed by atoms with Gasteiger partial charge >= 0.3 is 0 Å². The Hall–Kier alpha value is -1.62. The maximum atomic E-state index is 5.68. The molecule has 1 atom stereocenters. The maximum Gasteiger partial charge on any atom is 0.131 e. The Morgan fingerprint density at radius 1 is 1.35 bits per heavy atom. The zero-order valence-electron chi connectivity index (χ0n) is 11.3. The van der Waals surface area contributed by atoms with Crippen LogP contribution in [0.5, 0.6) is 5.75 Å². The van der Waals surface area contributed by atoms with Gasteiger partial charge in [0.05, 0.1) is 12.6 Å². The van der Waals surface area contributed by atoms with Crippen molar-refractivity contribution in [3.8, 4) is 5.75 Å². The lowest BCUT2D eigenvalue weighted by Gasteiger charge is -2.27. The van der Waals surface area contributed by atoms with Crippen molar-refractivity contribution in [2.45, 2.75) is 25.8 Å². The molecule has 1 unspecified atom stereocenters. The number of anilines is 1. The van der Waals surface area contributed by atoms with Gasteiger partial charge in [-0.2, -0.15) is 0 Å². The van der Waals surface area contributed by atoms with Gasteiger partial charge in [-0.05, 0) is 22.0 Å². The van der Waals surface area contributed by atoms with E-state index in [1.54, 1.807) is 0 Å². The SMILES string of the molecule is CCc1nc(Br)cc(NC2CCOc3ccccc32)n1. The molecule has 2 heterocycles. The lowest BCUT2D eigenvalue weighted by Crippen LogP contribution is -2.21. The lowest BCUT2D eigenvalue weighted by molar-refractivity contribution is 0.274. The number of aromatic nitrogens is 2. The Morgan fingerprint density at radius 2 is 2.20 bits per heavy atom. The highest BCUT2D eigenvalue weighted by Gasteiger charge is 2.21. The molecule has 5 heteroatoms. The number of hydrogen-bond donors (Lipinski definition) is 1. The van der Waals surface area contributed by atoms with E-state index in [-0.39, 0.29) is 6.04 Å². The molecular formula is C15H16BrN3O. The van der Waals surface area contributed by atoms with Crippen LogP contribution in [0.25, 0.3) is 0 Å². The Morgan fingerprint density at radius 3 is 3.05 bits per heavy atom. The van der Waals surface area contributed by atoms with Crippen LogP contribution in [0, 0.1) is 0 Å². The average Bonchev–Trinajstić information content (AvgIpc) is 2.47. The molecule has 0 saturated carbocycles. The van der Waals surface area contributed by atoms with Gasteiger partial charge in [0.25, 0.3) is 0 Å². The highest BCUT2D eigenvalue weighted by molar-refractivity contribution is 9.10. The maximum absolute atomic E-state index is 5.68. The van der Waals surface area contributed by atoms with Gasteiger partial charge < -0.3 is 10.1 Å². The smallest absolute Gasteiger partial charge is 0.131 e. The first-order valence-electron chi connectivity index (χ1n) is 6.78. The van der Waals surface area contributed by atoms with Crippen LogP contribution in [-0.4, -0.2) is 16.6 Å². The number of halogens is 1. The summed E-state index contributed by atoms with van der Waals surface area (Å²) in [6.07, 6.45) is 1.75. The topological polar surface area (TPSA) is 47.0 Å². The molecule has 1 aliphatic rings. The monoisotopic (exact) mass is 333 g/mol. The summed E-state index contributed by atoms with van der Waals surface area (Å²) >= 11 is 3.43. The molecule has 20 heavy (non-hydrogen) atoms. The number of aryl methyl sites for hydroxylation is 1. The second-order valence-corrected chi connectivity index (χ2v) is 5.53. The Kier molecular flexibility index (Phi) is 3.87. The summed E-state index contributed by atoms with van der Waals surface area (Å²) in [5.41, 5.74) is 1.19. The number of rotatable bonds is 3. The quantitative estimate of drug-likeness (QED) is 0.869. The highest BCUT2D eigenvalue weighted by atomic mass is 79.9.